The number of aryl methyl sites for hydroxylation is 2. The van der Waals surface area contributed by atoms with Gasteiger partial charge < -0.3 is 9.88 Å². The first-order chi connectivity index (χ1) is 6.77. The minimum atomic E-state index is 0.820. The molecule has 0 aromatic carbocycles. The Labute approximate surface area is 82.6 Å². The van der Waals surface area contributed by atoms with E-state index in [4.69, 9.17) is 0 Å². The molecule has 0 unspecified atom stereocenters. The Hall–Kier alpha value is -1.84. The third-order valence-corrected chi connectivity index (χ3v) is 2.07. The Kier molecular flexibility index (Phi) is 2.18. The molecule has 0 aliphatic carbocycles. The molecule has 0 fully saturated rings. The highest BCUT2D eigenvalue weighted by atomic mass is 15.2. The second-order valence-electron chi connectivity index (χ2n) is 3.12. The lowest BCUT2D eigenvalue weighted by Gasteiger charge is -2.07. The van der Waals surface area contributed by atoms with Crippen LogP contribution in [0.25, 0.3) is 0 Å². The van der Waals surface area contributed by atoms with Gasteiger partial charge in [-0.2, -0.15) is 0 Å². The summed E-state index contributed by atoms with van der Waals surface area (Å²) in [6, 6.07) is 3.88. The molecule has 2 heterocycles. The lowest BCUT2D eigenvalue weighted by molar-refractivity contribution is 0.923. The van der Waals surface area contributed by atoms with Gasteiger partial charge in [0, 0.05) is 25.6 Å². The third-order valence-electron chi connectivity index (χ3n) is 2.07. The van der Waals surface area contributed by atoms with Crippen LogP contribution < -0.4 is 5.32 Å². The van der Waals surface area contributed by atoms with Crippen molar-refractivity contribution in [1.82, 2.24) is 14.5 Å². The first-order valence-electron chi connectivity index (χ1n) is 4.43. The molecule has 1 N–H and O–H groups in total. The number of hydrogen-bond donors (Lipinski definition) is 1. The number of rotatable bonds is 2. The third kappa shape index (κ3) is 1.59. The Morgan fingerprint density at radius 3 is 2.79 bits per heavy atom. The molecule has 0 saturated carbocycles. The van der Waals surface area contributed by atoms with Crippen LogP contribution in [-0.4, -0.2) is 14.5 Å². The van der Waals surface area contributed by atoms with Gasteiger partial charge in [0.25, 0.3) is 0 Å². The van der Waals surface area contributed by atoms with Gasteiger partial charge >= 0.3 is 0 Å². The van der Waals surface area contributed by atoms with Crippen molar-refractivity contribution in [3.63, 3.8) is 0 Å². The van der Waals surface area contributed by atoms with Crippen molar-refractivity contribution in [3.8, 4) is 0 Å². The lowest BCUT2D eigenvalue weighted by Crippen LogP contribution is -2.00. The molecule has 0 saturated heterocycles. The Bertz CT molecular complexity index is 433. The Morgan fingerprint density at radius 1 is 1.29 bits per heavy atom. The minimum Gasteiger partial charge on any atom is -0.324 e. The number of anilines is 2. The summed E-state index contributed by atoms with van der Waals surface area (Å²) >= 11 is 0. The Balaban J connectivity index is 2.28. The highest BCUT2D eigenvalue weighted by Crippen LogP contribution is 2.15. The van der Waals surface area contributed by atoms with E-state index < -0.39 is 0 Å². The first kappa shape index (κ1) is 8.74. The minimum absolute atomic E-state index is 0.820. The zero-order valence-electron chi connectivity index (χ0n) is 8.23. The number of hydrogen-bond acceptors (Lipinski definition) is 3. The van der Waals surface area contributed by atoms with Gasteiger partial charge in [-0.25, -0.2) is 4.98 Å². The summed E-state index contributed by atoms with van der Waals surface area (Å²) in [6.45, 7) is 1.96. The van der Waals surface area contributed by atoms with Crippen molar-refractivity contribution in [1.29, 1.82) is 0 Å². The molecule has 0 bridgehead atoms. The van der Waals surface area contributed by atoms with E-state index >= 15 is 0 Å². The number of aromatic nitrogens is 3. The maximum Gasteiger partial charge on any atom is 0.207 e. The smallest absolute Gasteiger partial charge is 0.207 e. The molecule has 72 valence electrons. The van der Waals surface area contributed by atoms with Crippen molar-refractivity contribution >= 4 is 11.6 Å². The van der Waals surface area contributed by atoms with Crippen LogP contribution in [0.15, 0.2) is 30.7 Å². The van der Waals surface area contributed by atoms with E-state index in [2.05, 4.69) is 15.3 Å². The monoisotopic (exact) mass is 188 g/mol. The molecule has 0 atom stereocenters. The molecule has 4 heteroatoms. The van der Waals surface area contributed by atoms with Gasteiger partial charge in [-0.15, -0.1) is 0 Å². The normalized spacial score (nSPS) is 10.1. The van der Waals surface area contributed by atoms with Crippen LogP contribution >= 0.6 is 0 Å². The van der Waals surface area contributed by atoms with Gasteiger partial charge in [-0.05, 0) is 19.1 Å². The number of imidazole rings is 1. The number of nitrogens with one attached hydrogen (secondary N) is 1. The van der Waals surface area contributed by atoms with Crippen LogP contribution in [-0.2, 0) is 7.05 Å². The van der Waals surface area contributed by atoms with Crippen LogP contribution in [0.5, 0.6) is 0 Å². The summed E-state index contributed by atoms with van der Waals surface area (Å²) in [5.41, 5.74) is 1.96. The van der Waals surface area contributed by atoms with Crippen molar-refractivity contribution < 1.29 is 0 Å². The molecule has 0 aliphatic rings. The van der Waals surface area contributed by atoms with Crippen LogP contribution in [0.3, 0.4) is 0 Å². The molecule has 2 rings (SSSR count). The molecular weight excluding hydrogens is 176 g/mol. The SMILES string of the molecule is Cc1ncccc1Nc1nccn1C. The van der Waals surface area contributed by atoms with Crippen molar-refractivity contribution in [2.45, 2.75) is 6.92 Å². The summed E-state index contributed by atoms with van der Waals surface area (Å²) < 4.78 is 1.92. The van der Waals surface area contributed by atoms with Gasteiger partial charge in [0.05, 0.1) is 11.4 Å². The Morgan fingerprint density at radius 2 is 2.14 bits per heavy atom. The number of nitrogens with zero attached hydrogens (tertiary/aromatic N) is 3. The van der Waals surface area contributed by atoms with Crippen LogP contribution in [0.4, 0.5) is 11.6 Å². The van der Waals surface area contributed by atoms with Gasteiger partial charge in [0.15, 0.2) is 0 Å². The molecule has 0 amide bonds. The highest BCUT2D eigenvalue weighted by Gasteiger charge is 2.01. The average molecular weight is 188 g/mol. The number of pyridine rings is 1. The van der Waals surface area contributed by atoms with E-state index in [9.17, 15) is 0 Å². The van der Waals surface area contributed by atoms with Gasteiger partial charge in [0.1, 0.15) is 0 Å². The fraction of sp³-hybridized carbons (Fsp3) is 0.200. The van der Waals surface area contributed by atoms with E-state index in [0.717, 1.165) is 17.3 Å². The molecule has 2 aromatic heterocycles. The zero-order valence-corrected chi connectivity index (χ0v) is 8.23. The van der Waals surface area contributed by atoms with E-state index in [0.29, 0.717) is 0 Å². The molecule has 0 aliphatic heterocycles. The topological polar surface area (TPSA) is 42.7 Å². The van der Waals surface area contributed by atoms with Crippen molar-refractivity contribution in [2.24, 2.45) is 7.05 Å². The van der Waals surface area contributed by atoms with Gasteiger partial charge in [-0.1, -0.05) is 0 Å². The van der Waals surface area contributed by atoms with Crippen molar-refractivity contribution in [2.75, 3.05) is 5.32 Å². The molecule has 4 nitrogen and oxygen atoms in total. The summed E-state index contributed by atoms with van der Waals surface area (Å²) in [5, 5.41) is 3.21. The molecular formula is C10H12N4. The van der Waals surface area contributed by atoms with Crippen LogP contribution in [0.1, 0.15) is 5.69 Å². The largest absolute Gasteiger partial charge is 0.324 e. The van der Waals surface area contributed by atoms with Gasteiger partial charge in [0.2, 0.25) is 5.95 Å². The lowest BCUT2D eigenvalue weighted by atomic mass is 10.3. The van der Waals surface area contributed by atoms with E-state index in [1.54, 1.807) is 12.4 Å². The summed E-state index contributed by atoms with van der Waals surface area (Å²) in [4.78, 5) is 8.37. The molecule has 14 heavy (non-hydrogen) atoms. The quantitative estimate of drug-likeness (QED) is 0.782. The first-order valence-corrected chi connectivity index (χ1v) is 4.43. The fourth-order valence-corrected chi connectivity index (χ4v) is 1.22. The molecule has 2 aromatic rings. The van der Waals surface area contributed by atoms with Gasteiger partial charge in [-0.3, -0.25) is 4.98 Å². The maximum atomic E-state index is 4.19. The van der Waals surface area contributed by atoms with Crippen molar-refractivity contribution in [3.05, 3.63) is 36.4 Å². The second kappa shape index (κ2) is 3.49. The predicted octanol–water partition coefficient (Wildman–Crippen LogP) is 1.87. The average Bonchev–Trinajstić information content (AvgIpc) is 2.56. The van der Waals surface area contributed by atoms with E-state index in [1.165, 1.54) is 0 Å². The maximum absolute atomic E-state index is 4.19. The molecule has 0 spiro atoms. The highest BCUT2D eigenvalue weighted by molar-refractivity contribution is 5.55. The standard InChI is InChI=1S/C10H12N4/c1-8-9(4-3-5-11-8)13-10-12-6-7-14(10)2/h3-7H,1-2H3,(H,12,13). The van der Waals surface area contributed by atoms with Crippen LogP contribution in [0.2, 0.25) is 0 Å². The summed E-state index contributed by atoms with van der Waals surface area (Å²) in [7, 11) is 1.95. The fourth-order valence-electron chi connectivity index (χ4n) is 1.22. The van der Waals surface area contributed by atoms with Crippen LogP contribution in [0, 0.1) is 6.92 Å². The predicted molar refractivity (Wildman–Crippen MR) is 55.5 cm³/mol. The second-order valence-corrected chi connectivity index (χ2v) is 3.12. The van der Waals surface area contributed by atoms with E-state index in [-0.39, 0.29) is 0 Å². The molecule has 0 radical (unpaired) electrons. The van der Waals surface area contributed by atoms with E-state index in [1.807, 2.05) is 36.9 Å². The summed E-state index contributed by atoms with van der Waals surface area (Å²) in [5.74, 6) is 0.820. The zero-order chi connectivity index (χ0) is 9.97. The summed E-state index contributed by atoms with van der Waals surface area (Å²) in [6.07, 6.45) is 5.43.